The lowest BCUT2D eigenvalue weighted by Gasteiger charge is -2.36. The summed E-state index contributed by atoms with van der Waals surface area (Å²) < 4.78 is 23.3. The molecular weight excluding hydrogens is 624 g/mol. The predicted octanol–water partition coefficient (Wildman–Crippen LogP) is 5.66. The summed E-state index contributed by atoms with van der Waals surface area (Å²) in [6, 6.07) is 27.4. The number of methoxy groups -OCH3 is 1. The van der Waals surface area contributed by atoms with Crippen LogP contribution in [-0.2, 0) is 33.0 Å². The molecule has 11 nitrogen and oxygen atoms in total. The molecule has 0 radical (unpaired) electrons. The van der Waals surface area contributed by atoms with Crippen LogP contribution in [0.25, 0.3) is 0 Å². The van der Waals surface area contributed by atoms with E-state index in [1.54, 1.807) is 49.8 Å². The standard InChI is InChI=1S/C38H32N4O7/c1-24(43)36(44)47-29-11-14-32-35(21-29)48-34-20-28(46-2)10-13-31(34)38(32)33-19-25(9-12-30(33)37(45)49-38)41-17-18-42(22-26-7-3-5-15-39-26)23-27-8-4-6-16-40-27/h3-16,19-21,41H,17-18,22-23H2,1-2H3. The zero-order valence-corrected chi connectivity index (χ0v) is 26.8. The Labute approximate surface area is 282 Å². The van der Waals surface area contributed by atoms with Crippen LogP contribution in [0.4, 0.5) is 5.69 Å². The number of rotatable bonds is 11. The van der Waals surface area contributed by atoms with Crippen LogP contribution in [0.15, 0.2) is 103 Å². The van der Waals surface area contributed by atoms with Crippen molar-refractivity contribution in [2.75, 3.05) is 25.5 Å². The van der Waals surface area contributed by atoms with Crippen LogP contribution in [0.2, 0.25) is 0 Å². The molecule has 5 aromatic rings. The number of ketones is 1. The second-order valence-corrected chi connectivity index (χ2v) is 11.7. The number of aromatic nitrogens is 2. The zero-order chi connectivity index (χ0) is 34.0. The summed E-state index contributed by atoms with van der Waals surface area (Å²) in [5.41, 5.74) is 3.53. The molecular formula is C38H32N4O7. The number of anilines is 1. The highest BCUT2D eigenvalue weighted by Gasteiger charge is 2.54. The molecule has 2 aromatic heterocycles. The molecule has 2 aliphatic heterocycles. The maximum absolute atomic E-state index is 13.5. The van der Waals surface area contributed by atoms with Gasteiger partial charge in [0.1, 0.15) is 23.0 Å². The molecule has 7 rings (SSSR count). The van der Waals surface area contributed by atoms with E-state index in [4.69, 9.17) is 18.9 Å². The largest absolute Gasteiger partial charge is 0.497 e. The van der Waals surface area contributed by atoms with Gasteiger partial charge in [-0.25, -0.2) is 9.59 Å². The Morgan fingerprint density at radius 1 is 0.816 bits per heavy atom. The zero-order valence-electron chi connectivity index (χ0n) is 26.8. The number of hydrogen-bond acceptors (Lipinski definition) is 11. The Morgan fingerprint density at radius 3 is 2.08 bits per heavy atom. The first-order valence-electron chi connectivity index (χ1n) is 15.7. The van der Waals surface area contributed by atoms with E-state index in [0.29, 0.717) is 65.7 Å². The first-order chi connectivity index (χ1) is 23.8. The third kappa shape index (κ3) is 6.19. The number of fused-ring (bicyclic) bond motifs is 6. The normalized spacial score (nSPS) is 15.4. The number of pyridine rings is 2. The molecule has 49 heavy (non-hydrogen) atoms. The Morgan fingerprint density at radius 2 is 1.47 bits per heavy atom. The van der Waals surface area contributed by atoms with Crippen molar-refractivity contribution in [3.8, 4) is 23.0 Å². The number of hydrogen-bond donors (Lipinski definition) is 1. The molecule has 1 unspecified atom stereocenters. The summed E-state index contributed by atoms with van der Waals surface area (Å²) in [6.07, 6.45) is 3.58. The van der Waals surface area contributed by atoms with Gasteiger partial charge in [-0.05, 0) is 66.7 Å². The van der Waals surface area contributed by atoms with Crippen molar-refractivity contribution in [1.82, 2.24) is 14.9 Å². The quantitative estimate of drug-likeness (QED) is 0.107. The maximum atomic E-state index is 13.5. The van der Waals surface area contributed by atoms with Gasteiger partial charge in [-0.3, -0.25) is 19.7 Å². The molecule has 0 amide bonds. The van der Waals surface area contributed by atoms with Crippen molar-refractivity contribution in [2.45, 2.75) is 25.6 Å². The maximum Gasteiger partial charge on any atom is 0.379 e. The van der Waals surface area contributed by atoms with Crippen LogP contribution in [0, 0.1) is 0 Å². The summed E-state index contributed by atoms with van der Waals surface area (Å²) >= 11 is 0. The smallest absolute Gasteiger partial charge is 0.379 e. The molecule has 1 N–H and O–H groups in total. The van der Waals surface area contributed by atoms with Crippen molar-refractivity contribution in [3.05, 3.63) is 137 Å². The van der Waals surface area contributed by atoms with Crippen molar-refractivity contribution >= 4 is 23.4 Å². The van der Waals surface area contributed by atoms with E-state index in [9.17, 15) is 14.4 Å². The van der Waals surface area contributed by atoms with Crippen LogP contribution in [0.5, 0.6) is 23.0 Å². The first-order valence-corrected chi connectivity index (χ1v) is 15.7. The number of carbonyl (C=O) groups excluding carboxylic acids is 3. The molecule has 0 aliphatic carbocycles. The molecule has 11 heteroatoms. The molecule has 4 heterocycles. The highest BCUT2D eigenvalue weighted by molar-refractivity contribution is 6.33. The van der Waals surface area contributed by atoms with Gasteiger partial charge in [0.25, 0.3) is 0 Å². The van der Waals surface area contributed by atoms with Crippen molar-refractivity contribution in [2.24, 2.45) is 0 Å². The van der Waals surface area contributed by atoms with E-state index in [1.165, 1.54) is 6.07 Å². The average molecular weight is 657 g/mol. The van der Waals surface area contributed by atoms with E-state index in [0.717, 1.165) is 24.0 Å². The Kier molecular flexibility index (Phi) is 8.50. The fourth-order valence-corrected chi connectivity index (χ4v) is 6.18. The van der Waals surface area contributed by atoms with Gasteiger partial charge in [-0.1, -0.05) is 12.1 Å². The van der Waals surface area contributed by atoms with Crippen LogP contribution >= 0.6 is 0 Å². The van der Waals surface area contributed by atoms with Crippen molar-refractivity contribution < 1.29 is 33.3 Å². The Bertz CT molecular complexity index is 2010. The van der Waals surface area contributed by atoms with E-state index in [-0.39, 0.29) is 5.75 Å². The first kappa shape index (κ1) is 31.5. The number of benzene rings is 3. The fraction of sp³-hybridized carbons (Fsp3) is 0.184. The van der Waals surface area contributed by atoms with Gasteiger partial charge >= 0.3 is 11.9 Å². The number of nitrogens with zero attached hydrogens (tertiary/aromatic N) is 3. The lowest BCUT2D eigenvalue weighted by molar-refractivity contribution is -0.146. The van der Waals surface area contributed by atoms with Crippen LogP contribution < -0.4 is 19.5 Å². The highest BCUT2D eigenvalue weighted by atomic mass is 16.6. The number of carbonyl (C=O) groups is 3. The van der Waals surface area contributed by atoms with E-state index in [1.807, 2.05) is 54.6 Å². The number of nitrogens with one attached hydrogen (secondary N) is 1. The van der Waals surface area contributed by atoms with Crippen molar-refractivity contribution in [3.63, 3.8) is 0 Å². The summed E-state index contributed by atoms with van der Waals surface area (Å²) in [5.74, 6) is -0.868. The van der Waals surface area contributed by atoms with E-state index in [2.05, 4.69) is 20.2 Å². The van der Waals surface area contributed by atoms with Gasteiger partial charge in [0.15, 0.2) is 5.60 Å². The summed E-state index contributed by atoms with van der Waals surface area (Å²) in [5, 5.41) is 3.53. The second kappa shape index (κ2) is 13.2. The third-order valence-corrected chi connectivity index (χ3v) is 8.46. The predicted molar refractivity (Wildman–Crippen MR) is 179 cm³/mol. The Balaban J connectivity index is 1.21. The van der Waals surface area contributed by atoms with Gasteiger partial charge in [0.2, 0.25) is 5.78 Å². The molecule has 2 aliphatic rings. The van der Waals surface area contributed by atoms with Gasteiger partial charge in [-0.2, -0.15) is 0 Å². The minimum atomic E-state index is -1.37. The molecule has 3 aromatic carbocycles. The lowest BCUT2D eigenvalue weighted by Crippen LogP contribution is -2.33. The van der Waals surface area contributed by atoms with Gasteiger partial charge < -0.3 is 24.3 Å². The lowest BCUT2D eigenvalue weighted by atomic mass is 9.77. The number of Topliss-reactive ketones (excluding diaryl/α,β-unsaturated/α-hetero) is 1. The van der Waals surface area contributed by atoms with Gasteiger partial charge in [0.05, 0.1) is 24.1 Å². The molecule has 1 spiro atoms. The van der Waals surface area contributed by atoms with Crippen molar-refractivity contribution in [1.29, 1.82) is 0 Å². The molecule has 1 atom stereocenters. The van der Waals surface area contributed by atoms with E-state index >= 15 is 0 Å². The summed E-state index contributed by atoms with van der Waals surface area (Å²) in [6.45, 7) is 3.71. The van der Waals surface area contributed by atoms with Crippen LogP contribution in [0.3, 0.4) is 0 Å². The molecule has 0 fully saturated rings. The molecule has 0 bridgehead atoms. The van der Waals surface area contributed by atoms with Gasteiger partial charge in [0, 0.05) is 80.0 Å². The molecule has 0 saturated carbocycles. The topological polar surface area (TPSA) is 129 Å². The second-order valence-electron chi connectivity index (χ2n) is 11.7. The molecule has 246 valence electrons. The highest BCUT2D eigenvalue weighted by Crippen LogP contribution is 2.57. The summed E-state index contributed by atoms with van der Waals surface area (Å²) in [7, 11) is 1.55. The third-order valence-electron chi connectivity index (χ3n) is 8.46. The number of esters is 2. The van der Waals surface area contributed by atoms with Crippen LogP contribution in [0.1, 0.15) is 45.4 Å². The minimum Gasteiger partial charge on any atom is -0.497 e. The fourth-order valence-electron chi connectivity index (χ4n) is 6.18. The van der Waals surface area contributed by atoms with Gasteiger partial charge in [-0.15, -0.1) is 0 Å². The average Bonchev–Trinajstić information content (AvgIpc) is 3.40. The molecule has 0 saturated heterocycles. The monoisotopic (exact) mass is 656 g/mol. The minimum absolute atomic E-state index is 0.112. The Hall–Kier alpha value is -6.07. The van der Waals surface area contributed by atoms with E-state index < -0.39 is 23.3 Å². The SMILES string of the molecule is COc1ccc2c(c1)Oc1cc(OC(=O)C(C)=O)ccc1C21OC(=O)c2ccc(NCCN(Cc3ccccn3)Cc3ccccn3)cc21. The summed E-state index contributed by atoms with van der Waals surface area (Å²) in [4.78, 5) is 48.4. The van der Waals surface area contributed by atoms with Crippen LogP contribution in [-0.4, -0.2) is 52.8 Å². The number of ether oxygens (including phenoxy) is 4.